The molecule has 1 amide bonds. The standard InChI is InChI=1S/C28H45NO5/c1-15-12-16(13-33-23(29)32)34-21-20(15)25(4)10-11-28-14-27(28)9-8-19(30)24(2,3)17(27)6-7-18(28)26(25,5)22(21)31/h15-22,30-31H,6-14H2,1-5H3,(H2,29,32)/t15-,16?,17+,18?,19+,20+,21?,22+,25-,26-,27-,28+/m1/s1. The molecule has 0 radical (unpaired) electrons. The lowest BCUT2D eigenvalue weighted by molar-refractivity contribution is -0.182. The summed E-state index contributed by atoms with van der Waals surface area (Å²) in [5.74, 6) is 1.78. The monoisotopic (exact) mass is 475 g/mol. The van der Waals surface area contributed by atoms with Crippen LogP contribution >= 0.6 is 0 Å². The number of carbonyl (C=O) groups is 1. The zero-order valence-corrected chi connectivity index (χ0v) is 21.7. The molecule has 0 aromatic heterocycles. The van der Waals surface area contributed by atoms with E-state index in [0.29, 0.717) is 34.5 Å². The van der Waals surface area contributed by atoms with Crippen LogP contribution in [0.15, 0.2) is 0 Å². The van der Waals surface area contributed by atoms with E-state index in [4.69, 9.17) is 15.2 Å². The first-order valence-electron chi connectivity index (χ1n) is 13.8. The molecule has 2 spiro atoms. The number of rotatable bonds is 2. The van der Waals surface area contributed by atoms with Gasteiger partial charge in [0.2, 0.25) is 0 Å². The van der Waals surface area contributed by atoms with Crippen LogP contribution in [-0.2, 0) is 9.47 Å². The van der Waals surface area contributed by atoms with Gasteiger partial charge in [-0.15, -0.1) is 0 Å². The first-order valence-corrected chi connectivity index (χ1v) is 13.8. The van der Waals surface area contributed by atoms with Crippen LogP contribution in [0.1, 0.15) is 86.0 Å². The fraction of sp³-hybridized carbons (Fsp3) is 0.964. The van der Waals surface area contributed by atoms with Gasteiger partial charge >= 0.3 is 6.09 Å². The lowest BCUT2D eigenvalue weighted by Crippen LogP contribution is -2.59. The Morgan fingerprint density at radius 2 is 1.71 bits per heavy atom. The number of carbonyl (C=O) groups excluding carboxylic acids is 1. The predicted octanol–water partition coefficient (Wildman–Crippen LogP) is 4.26. The summed E-state index contributed by atoms with van der Waals surface area (Å²) in [6.45, 7) is 11.9. The van der Waals surface area contributed by atoms with Crippen LogP contribution in [0, 0.1) is 50.7 Å². The molecule has 1 saturated heterocycles. The van der Waals surface area contributed by atoms with Crippen molar-refractivity contribution >= 4 is 6.09 Å². The molecule has 6 nitrogen and oxygen atoms in total. The average Bonchev–Trinajstić information content (AvgIpc) is 3.40. The Balaban J connectivity index is 1.34. The minimum atomic E-state index is -0.767. The minimum Gasteiger partial charge on any atom is -0.447 e. The molecule has 0 aromatic rings. The van der Waals surface area contributed by atoms with Crippen molar-refractivity contribution < 1.29 is 24.5 Å². The highest BCUT2D eigenvalue weighted by Gasteiger charge is 2.84. The predicted molar refractivity (Wildman–Crippen MR) is 128 cm³/mol. The van der Waals surface area contributed by atoms with Crippen molar-refractivity contribution in [3.05, 3.63) is 0 Å². The van der Waals surface area contributed by atoms with E-state index in [1.54, 1.807) is 0 Å². The molecule has 6 rings (SSSR count). The van der Waals surface area contributed by atoms with Gasteiger partial charge in [0.15, 0.2) is 0 Å². The Bertz CT molecular complexity index is 892. The lowest BCUT2D eigenvalue weighted by atomic mass is 9.41. The molecule has 0 bridgehead atoms. The van der Waals surface area contributed by atoms with Gasteiger partial charge in [-0.3, -0.25) is 0 Å². The average molecular weight is 476 g/mol. The third-order valence-corrected chi connectivity index (χ3v) is 13.3. The van der Waals surface area contributed by atoms with Crippen molar-refractivity contribution in [2.24, 2.45) is 56.5 Å². The lowest BCUT2D eigenvalue weighted by Gasteiger charge is -2.63. The van der Waals surface area contributed by atoms with E-state index in [-0.39, 0.29) is 41.2 Å². The van der Waals surface area contributed by atoms with Gasteiger partial charge in [-0.2, -0.15) is 0 Å². The highest BCUT2D eigenvalue weighted by Crippen LogP contribution is 2.89. The molecule has 12 atom stereocenters. The Kier molecular flexibility index (Phi) is 4.79. The first kappa shape index (κ1) is 23.5. The Morgan fingerprint density at radius 3 is 2.41 bits per heavy atom. The van der Waals surface area contributed by atoms with E-state index >= 15 is 0 Å². The van der Waals surface area contributed by atoms with E-state index in [2.05, 4.69) is 34.6 Å². The molecular formula is C28H45NO5. The SMILES string of the molecule is C[C@@H]1CC(COC(N)=O)OC2[C@H]1[C@@]1(C)CC[C@@]34C[C@@]35CC[C@H](O)C(C)(C)[C@@H]5CCC4[C@]1(C)[C@H]2O. The molecule has 1 aliphatic heterocycles. The summed E-state index contributed by atoms with van der Waals surface area (Å²) in [5, 5.41) is 22.9. The van der Waals surface area contributed by atoms with Gasteiger partial charge < -0.3 is 25.4 Å². The van der Waals surface area contributed by atoms with E-state index < -0.39 is 12.2 Å². The molecule has 34 heavy (non-hydrogen) atoms. The molecule has 6 aliphatic rings. The van der Waals surface area contributed by atoms with Crippen LogP contribution in [-0.4, -0.2) is 47.3 Å². The third-order valence-electron chi connectivity index (χ3n) is 13.3. The van der Waals surface area contributed by atoms with Crippen LogP contribution in [0.25, 0.3) is 0 Å². The largest absolute Gasteiger partial charge is 0.447 e. The molecule has 3 unspecified atom stereocenters. The van der Waals surface area contributed by atoms with Crippen molar-refractivity contribution in [2.45, 2.75) is 110 Å². The third kappa shape index (κ3) is 2.51. The Labute approximate surface area is 204 Å². The summed E-state index contributed by atoms with van der Waals surface area (Å²) in [5.41, 5.74) is 5.68. The summed E-state index contributed by atoms with van der Waals surface area (Å²) in [7, 11) is 0. The molecule has 6 heteroatoms. The summed E-state index contributed by atoms with van der Waals surface area (Å²) >= 11 is 0. The highest BCUT2D eigenvalue weighted by molar-refractivity contribution is 5.64. The normalized spacial score (nSPS) is 59.0. The van der Waals surface area contributed by atoms with E-state index in [1.165, 1.54) is 12.8 Å². The molecule has 192 valence electrons. The van der Waals surface area contributed by atoms with Crippen LogP contribution in [0.5, 0.6) is 0 Å². The van der Waals surface area contributed by atoms with Gasteiger partial charge in [0.1, 0.15) is 6.61 Å². The second-order valence-electron chi connectivity index (χ2n) is 14.3. The van der Waals surface area contributed by atoms with Gasteiger partial charge in [0.05, 0.1) is 24.4 Å². The molecule has 0 aromatic carbocycles. The number of hydrogen-bond acceptors (Lipinski definition) is 5. The van der Waals surface area contributed by atoms with Gasteiger partial charge in [-0.1, -0.05) is 34.6 Å². The van der Waals surface area contributed by atoms with Crippen LogP contribution in [0.2, 0.25) is 0 Å². The summed E-state index contributed by atoms with van der Waals surface area (Å²) in [4.78, 5) is 11.2. The fourth-order valence-electron chi connectivity index (χ4n) is 11.7. The van der Waals surface area contributed by atoms with Gasteiger partial charge in [-0.25, -0.2) is 4.79 Å². The summed E-state index contributed by atoms with van der Waals surface area (Å²) in [6.07, 6.45) is 6.99. The minimum absolute atomic E-state index is 0.0259. The zero-order chi connectivity index (χ0) is 24.5. The summed E-state index contributed by atoms with van der Waals surface area (Å²) < 4.78 is 11.6. The molecule has 5 saturated carbocycles. The number of aliphatic hydroxyl groups is 2. The number of nitrogens with two attached hydrogens (primary N) is 1. The topological polar surface area (TPSA) is 102 Å². The van der Waals surface area contributed by atoms with E-state index in [1.807, 2.05) is 0 Å². The maximum atomic E-state index is 12.1. The number of hydrogen-bond donors (Lipinski definition) is 3. The molecule has 5 aliphatic carbocycles. The van der Waals surface area contributed by atoms with Crippen molar-refractivity contribution in [1.29, 1.82) is 0 Å². The number of fused-ring (bicyclic) bond motifs is 4. The van der Waals surface area contributed by atoms with Crippen LogP contribution < -0.4 is 5.73 Å². The van der Waals surface area contributed by atoms with Crippen molar-refractivity contribution in [2.75, 3.05) is 6.61 Å². The number of ether oxygens (including phenoxy) is 2. The van der Waals surface area contributed by atoms with Crippen molar-refractivity contribution in [3.8, 4) is 0 Å². The maximum Gasteiger partial charge on any atom is 0.404 e. The number of aliphatic hydroxyl groups excluding tert-OH is 2. The van der Waals surface area contributed by atoms with Gasteiger partial charge in [0, 0.05) is 5.41 Å². The number of amides is 1. The Morgan fingerprint density at radius 1 is 1.03 bits per heavy atom. The van der Waals surface area contributed by atoms with Crippen molar-refractivity contribution in [1.82, 2.24) is 0 Å². The van der Waals surface area contributed by atoms with E-state index in [0.717, 1.165) is 38.5 Å². The molecule has 1 heterocycles. The van der Waals surface area contributed by atoms with Crippen molar-refractivity contribution in [3.63, 3.8) is 0 Å². The summed E-state index contributed by atoms with van der Waals surface area (Å²) in [6, 6.07) is 0. The first-order chi connectivity index (χ1) is 15.8. The zero-order valence-electron chi connectivity index (χ0n) is 21.7. The second kappa shape index (κ2) is 6.92. The van der Waals surface area contributed by atoms with Crippen LogP contribution in [0.4, 0.5) is 4.79 Å². The molecule has 6 fully saturated rings. The van der Waals surface area contributed by atoms with E-state index in [9.17, 15) is 15.0 Å². The smallest absolute Gasteiger partial charge is 0.404 e. The Hall–Kier alpha value is -0.850. The van der Waals surface area contributed by atoms with Crippen LogP contribution in [0.3, 0.4) is 0 Å². The molecule has 4 N–H and O–H groups in total. The van der Waals surface area contributed by atoms with Gasteiger partial charge in [-0.05, 0) is 96.7 Å². The highest BCUT2D eigenvalue weighted by atomic mass is 16.6. The van der Waals surface area contributed by atoms with Gasteiger partial charge in [0.25, 0.3) is 0 Å². The quantitative estimate of drug-likeness (QED) is 0.554. The fourth-order valence-corrected chi connectivity index (χ4v) is 11.7. The molecular weight excluding hydrogens is 430 g/mol. The number of primary amides is 1. The second-order valence-corrected chi connectivity index (χ2v) is 14.3. The maximum absolute atomic E-state index is 12.1.